The molecule has 0 aliphatic rings. The molecule has 0 aliphatic carbocycles. The molecule has 1 N–H and O–H groups in total. The maximum Gasteiger partial charge on any atom is 0.264 e. The molecule has 3 aromatic carbocycles. The van der Waals surface area contributed by atoms with Gasteiger partial charge in [-0.15, -0.1) is 0 Å². The van der Waals surface area contributed by atoms with Gasteiger partial charge in [0.2, 0.25) is 11.8 Å². The summed E-state index contributed by atoms with van der Waals surface area (Å²) in [5, 5.41) is 3.37. The Morgan fingerprint density at radius 2 is 1.59 bits per heavy atom. The highest BCUT2D eigenvalue weighted by Crippen LogP contribution is 2.28. The van der Waals surface area contributed by atoms with Crippen LogP contribution < -0.4 is 9.62 Å². The van der Waals surface area contributed by atoms with E-state index in [2.05, 4.69) is 5.32 Å². The van der Waals surface area contributed by atoms with Crippen LogP contribution in [0.2, 0.25) is 10.0 Å². The van der Waals surface area contributed by atoms with Gasteiger partial charge in [-0.2, -0.15) is 0 Å². The van der Waals surface area contributed by atoms with Gasteiger partial charge in [0.1, 0.15) is 12.6 Å². The summed E-state index contributed by atoms with van der Waals surface area (Å²) < 4.78 is 28.7. The van der Waals surface area contributed by atoms with Crippen molar-refractivity contribution in [3.8, 4) is 0 Å². The summed E-state index contributed by atoms with van der Waals surface area (Å²) in [6.07, 6.45) is 0.311. The second-order valence-electron chi connectivity index (χ2n) is 9.37. The molecule has 2 amide bonds. The van der Waals surface area contributed by atoms with E-state index in [0.29, 0.717) is 27.7 Å². The van der Waals surface area contributed by atoms with E-state index in [1.807, 2.05) is 26.0 Å². The predicted molar refractivity (Wildman–Crippen MR) is 157 cm³/mol. The lowest BCUT2D eigenvalue weighted by atomic mass is 10.0. The summed E-state index contributed by atoms with van der Waals surface area (Å²) in [6.45, 7) is 5.34. The highest BCUT2D eigenvalue weighted by Gasteiger charge is 2.33. The van der Waals surface area contributed by atoms with Gasteiger partial charge in [-0.1, -0.05) is 80.4 Å². The molecule has 208 valence electrons. The van der Waals surface area contributed by atoms with Crippen molar-refractivity contribution in [2.75, 3.05) is 17.9 Å². The van der Waals surface area contributed by atoms with Gasteiger partial charge in [-0.25, -0.2) is 8.42 Å². The Balaban J connectivity index is 2.08. The zero-order valence-corrected chi connectivity index (χ0v) is 24.7. The maximum atomic E-state index is 14.0. The van der Waals surface area contributed by atoms with Crippen LogP contribution in [0.1, 0.15) is 44.2 Å². The summed E-state index contributed by atoms with van der Waals surface area (Å²) >= 11 is 12.5. The van der Waals surface area contributed by atoms with Crippen molar-refractivity contribution < 1.29 is 18.0 Å². The van der Waals surface area contributed by atoms with Crippen molar-refractivity contribution in [2.45, 2.75) is 50.6 Å². The lowest BCUT2D eigenvalue weighted by molar-refractivity contribution is -0.140. The van der Waals surface area contributed by atoms with Crippen LogP contribution in [0.5, 0.6) is 0 Å². The molecule has 0 heterocycles. The third kappa shape index (κ3) is 7.32. The number of nitrogens with zero attached hydrogens (tertiary/aromatic N) is 2. The van der Waals surface area contributed by atoms with Crippen LogP contribution in [0, 0.1) is 0 Å². The highest BCUT2D eigenvalue weighted by atomic mass is 35.5. The zero-order valence-electron chi connectivity index (χ0n) is 22.4. The summed E-state index contributed by atoms with van der Waals surface area (Å²) in [4.78, 5) is 28.2. The zero-order chi connectivity index (χ0) is 28.7. The molecular weight excluding hydrogens is 557 g/mol. The normalized spacial score (nSPS) is 12.2. The Labute approximate surface area is 240 Å². The number of amides is 2. The summed E-state index contributed by atoms with van der Waals surface area (Å²) in [7, 11) is -2.63. The Kier molecular flexibility index (Phi) is 10.4. The molecule has 0 radical (unpaired) electrons. The molecular formula is C29H33Cl2N3O4S. The molecule has 7 nitrogen and oxygen atoms in total. The van der Waals surface area contributed by atoms with E-state index in [1.165, 1.54) is 24.1 Å². The molecule has 1 atom stereocenters. The molecule has 0 spiro atoms. The fraction of sp³-hybridized carbons (Fsp3) is 0.310. The number of halogens is 2. The third-order valence-electron chi connectivity index (χ3n) is 6.45. The molecule has 3 aromatic rings. The van der Waals surface area contributed by atoms with Gasteiger partial charge < -0.3 is 10.2 Å². The summed E-state index contributed by atoms with van der Waals surface area (Å²) in [5.74, 6) is -0.670. The first kappa shape index (κ1) is 30.5. The van der Waals surface area contributed by atoms with Crippen LogP contribution in [-0.4, -0.2) is 44.8 Å². The Morgan fingerprint density at radius 1 is 0.949 bits per heavy atom. The van der Waals surface area contributed by atoms with Gasteiger partial charge in [0.15, 0.2) is 0 Å². The van der Waals surface area contributed by atoms with Crippen LogP contribution >= 0.6 is 23.2 Å². The number of likely N-dealkylation sites (N-methyl/N-ethyl adjacent to an activating group) is 1. The van der Waals surface area contributed by atoms with Gasteiger partial charge in [0.05, 0.1) is 10.6 Å². The molecule has 0 saturated carbocycles. The first-order valence-corrected chi connectivity index (χ1v) is 14.8. The van der Waals surface area contributed by atoms with Gasteiger partial charge in [-0.3, -0.25) is 13.9 Å². The van der Waals surface area contributed by atoms with E-state index in [1.54, 1.807) is 55.5 Å². The van der Waals surface area contributed by atoms with Crippen LogP contribution in [0.25, 0.3) is 0 Å². The number of anilines is 1. The van der Waals surface area contributed by atoms with Gasteiger partial charge >= 0.3 is 0 Å². The fourth-order valence-electron chi connectivity index (χ4n) is 4.19. The van der Waals surface area contributed by atoms with E-state index < -0.39 is 28.5 Å². The average molecular weight is 591 g/mol. The molecule has 0 bridgehead atoms. The smallest absolute Gasteiger partial charge is 0.264 e. The highest BCUT2D eigenvalue weighted by molar-refractivity contribution is 7.92. The number of benzene rings is 3. The molecule has 0 aliphatic heterocycles. The van der Waals surface area contributed by atoms with E-state index in [0.717, 1.165) is 9.87 Å². The van der Waals surface area contributed by atoms with Crippen molar-refractivity contribution in [2.24, 2.45) is 0 Å². The lowest BCUT2D eigenvalue weighted by Crippen LogP contribution is -2.51. The van der Waals surface area contributed by atoms with E-state index in [4.69, 9.17) is 23.2 Å². The Hall–Kier alpha value is -3.07. The second-order valence-corrected chi connectivity index (χ2v) is 12.1. The molecule has 0 aromatic heterocycles. The number of sulfonamides is 1. The van der Waals surface area contributed by atoms with Crippen molar-refractivity contribution in [3.63, 3.8) is 0 Å². The maximum absolute atomic E-state index is 14.0. The van der Waals surface area contributed by atoms with Gasteiger partial charge in [0, 0.05) is 23.6 Å². The minimum atomic E-state index is -4.12. The number of rotatable bonds is 11. The molecule has 0 fully saturated rings. The minimum Gasteiger partial charge on any atom is -0.357 e. The molecule has 3 rings (SSSR count). The van der Waals surface area contributed by atoms with E-state index in [-0.39, 0.29) is 23.3 Å². The Morgan fingerprint density at radius 3 is 2.13 bits per heavy atom. The topological polar surface area (TPSA) is 86.8 Å². The second kappa shape index (κ2) is 13.3. The monoisotopic (exact) mass is 589 g/mol. The lowest BCUT2D eigenvalue weighted by Gasteiger charge is -2.33. The van der Waals surface area contributed by atoms with Crippen molar-refractivity contribution in [1.29, 1.82) is 0 Å². The fourth-order valence-corrected chi connectivity index (χ4v) is 6.10. The number of carbonyl (C=O) groups is 2. The van der Waals surface area contributed by atoms with E-state index >= 15 is 0 Å². The molecule has 39 heavy (non-hydrogen) atoms. The SMILES string of the molecule is CC[C@H](C(=O)NC)N(Cc1ccc(Cl)cc1Cl)C(=O)CN(c1ccc(C(C)C)cc1)S(=O)(=O)c1ccccc1. The van der Waals surface area contributed by atoms with Crippen LogP contribution in [0.4, 0.5) is 5.69 Å². The largest absolute Gasteiger partial charge is 0.357 e. The number of hydrogen-bond acceptors (Lipinski definition) is 4. The summed E-state index contributed by atoms with van der Waals surface area (Å²) in [6, 6.07) is 19.1. The Bertz CT molecular complexity index is 1400. The first-order valence-electron chi connectivity index (χ1n) is 12.6. The van der Waals surface area contributed by atoms with Crippen molar-refractivity contribution in [3.05, 3.63) is 94.0 Å². The summed E-state index contributed by atoms with van der Waals surface area (Å²) in [5.41, 5.74) is 1.95. The van der Waals surface area contributed by atoms with Crippen LogP contribution in [0.15, 0.2) is 77.7 Å². The minimum absolute atomic E-state index is 0.00766. The predicted octanol–water partition coefficient (Wildman–Crippen LogP) is 5.87. The van der Waals surface area contributed by atoms with Crippen molar-refractivity contribution >= 4 is 50.7 Å². The quantitative estimate of drug-likeness (QED) is 0.303. The molecule has 0 saturated heterocycles. The number of hydrogen-bond donors (Lipinski definition) is 1. The molecule has 10 heteroatoms. The standard InChI is InChI=1S/C29H33Cl2N3O4S/c1-5-27(29(36)32-4)33(18-22-11-14-23(30)17-26(22)31)28(35)19-34(24-15-12-21(13-16-24)20(2)3)39(37,38)25-9-7-6-8-10-25/h6-17,20,27H,5,18-19H2,1-4H3,(H,32,36)/t27-/m1/s1. The molecule has 0 unspecified atom stereocenters. The third-order valence-corrected chi connectivity index (χ3v) is 8.82. The van der Waals surface area contributed by atoms with Gasteiger partial charge in [-0.05, 0) is 59.9 Å². The van der Waals surface area contributed by atoms with Crippen LogP contribution in [-0.2, 0) is 26.2 Å². The van der Waals surface area contributed by atoms with E-state index in [9.17, 15) is 18.0 Å². The number of nitrogens with one attached hydrogen (secondary N) is 1. The number of carbonyl (C=O) groups excluding carboxylic acids is 2. The average Bonchev–Trinajstić information content (AvgIpc) is 2.92. The van der Waals surface area contributed by atoms with Crippen LogP contribution in [0.3, 0.4) is 0 Å². The first-order chi connectivity index (χ1) is 18.5. The van der Waals surface area contributed by atoms with Gasteiger partial charge in [0.25, 0.3) is 10.0 Å². The van der Waals surface area contributed by atoms with Crippen molar-refractivity contribution in [1.82, 2.24) is 10.2 Å².